The van der Waals surface area contributed by atoms with Gasteiger partial charge in [-0.2, -0.15) is 0 Å². The number of benzene rings is 1. The molecular weight excluding hydrogens is 436 g/mol. The molecule has 3 aromatic heterocycles. The second kappa shape index (κ2) is 7.77. The molecule has 11 heteroatoms. The molecule has 1 atom stereocenters. The van der Waals surface area contributed by atoms with E-state index in [1.165, 1.54) is 11.8 Å². The van der Waals surface area contributed by atoms with E-state index < -0.39 is 0 Å². The molecule has 31 heavy (non-hydrogen) atoms. The minimum atomic E-state index is 0.112. The minimum absolute atomic E-state index is 0.112. The molecule has 4 aromatic rings. The molecule has 9 nitrogen and oxygen atoms in total. The summed E-state index contributed by atoms with van der Waals surface area (Å²) in [7, 11) is 0. The number of anilines is 1. The fourth-order valence-electron chi connectivity index (χ4n) is 3.87. The van der Waals surface area contributed by atoms with Crippen LogP contribution >= 0.6 is 23.4 Å². The summed E-state index contributed by atoms with van der Waals surface area (Å²) in [6, 6.07) is 5.57. The lowest BCUT2D eigenvalue weighted by molar-refractivity contribution is -0.643. The molecule has 0 saturated carbocycles. The van der Waals surface area contributed by atoms with E-state index in [1.807, 2.05) is 13.0 Å². The van der Waals surface area contributed by atoms with Crippen molar-refractivity contribution < 1.29 is 4.85 Å². The highest BCUT2D eigenvalue weighted by Gasteiger charge is 2.26. The van der Waals surface area contributed by atoms with E-state index in [9.17, 15) is 5.21 Å². The number of nitrogens with two attached hydrogens (primary N) is 1. The summed E-state index contributed by atoms with van der Waals surface area (Å²) < 4.78 is 0. The monoisotopic (exact) mass is 456 g/mol. The summed E-state index contributed by atoms with van der Waals surface area (Å²) >= 11 is 8.03. The first-order chi connectivity index (χ1) is 14.9. The summed E-state index contributed by atoms with van der Waals surface area (Å²) in [5.41, 5.74) is 8.77. The SMILES string of the molecule is CCc1[nH]c2nc(Sc3ccc4nc(C)n[n+]([O-])c4c3)nc(N3CC[C@H](N)C3)c2c1Cl. The lowest BCUT2D eigenvalue weighted by Gasteiger charge is -2.18. The van der Waals surface area contributed by atoms with Gasteiger partial charge in [-0.05, 0) is 41.6 Å². The number of nitrogens with zero attached hydrogens (tertiary/aromatic N) is 6. The number of aryl methyl sites for hydroxylation is 2. The first-order valence-corrected chi connectivity index (χ1v) is 11.3. The van der Waals surface area contributed by atoms with Crippen molar-refractivity contribution in [3.63, 3.8) is 0 Å². The van der Waals surface area contributed by atoms with E-state index in [0.717, 1.165) is 47.7 Å². The number of nitrogens with one attached hydrogen (secondary N) is 1. The van der Waals surface area contributed by atoms with E-state index in [4.69, 9.17) is 27.3 Å². The lowest BCUT2D eigenvalue weighted by Crippen LogP contribution is -2.33. The van der Waals surface area contributed by atoms with Gasteiger partial charge < -0.3 is 20.8 Å². The first-order valence-electron chi connectivity index (χ1n) is 10.1. The standard InChI is InChI=1S/C20H21ClN8OS/c1-3-13-17(21)16-18(24-13)25-20(26-19(16)28-7-6-11(22)9-28)31-12-4-5-14-15(8-12)29(30)27-10(2)23-14/h4-5,8,11H,3,6-7,9,22H2,1-2H3,(H,24,25,26)/t11-/m0/s1. The van der Waals surface area contributed by atoms with Crippen molar-refractivity contribution in [1.29, 1.82) is 0 Å². The number of hydrogen-bond donors (Lipinski definition) is 2. The van der Waals surface area contributed by atoms with E-state index in [0.29, 0.717) is 37.5 Å². The number of aromatic nitrogens is 6. The minimum Gasteiger partial charge on any atom is -0.594 e. The molecule has 0 bridgehead atoms. The molecule has 0 radical (unpaired) electrons. The average molecular weight is 457 g/mol. The molecular formula is C20H21ClN8OS. The van der Waals surface area contributed by atoms with Gasteiger partial charge in [-0.1, -0.05) is 18.5 Å². The van der Waals surface area contributed by atoms with Crippen molar-refractivity contribution in [2.45, 2.75) is 42.8 Å². The molecule has 4 heterocycles. The molecule has 1 aromatic carbocycles. The Balaban J connectivity index is 1.59. The lowest BCUT2D eigenvalue weighted by atomic mass is 10.3. The molecule has 0 amide bonds. The van der Waals surface area contributed by atoms with Gasteiger partial charge in [0.15, 0.2) is 11.0 Å². The Hall–Kier alpha value is -2.69. The highest BCUT2D eigenvalue weighted by molar-refractivity contribution is 7.99. The average Bonchev–Trinajstić information content (AvgIpc) is 3.31. The van der Waals surface area contributed by atoms with Gasteiger partial charge in [0.2, 0.25) is 0 Å². The largest absolute Gasteiger partial charge is 0.594 e. The third-order valence-corrected chi connectivity index (χ3v) is 6.65. The molecule has 0 aliphatic carbocycles. The van der Waals surface area contributed by atoms with Crippen molar-refractivity contribution in [2.75, 3.05) is 18.0 Å². The molecule has 160 valence electrons. The van der Waals surface area contributed by atoms with Gasteiger partial charge in [-0.15, -0.1) is 0 Å². The van der Waals surface area contributed by atoms with Crippen LogP contribution in [0.2, 0.25) is 5.02 Å². The van der Waals surface area contributed by atoms with E-state index in [1.54, 1.807) is 19.1 Å². The Morgan fingerprint density at radius 1 is 1.35 bits per heavy atom. The fourth-order valence-corrected chi connectivity index (χ4v) is 5.01. The second-order valence-corrected chi connectivity index (χ2v) is 9.02. The normalized spacial score (nSPS) is 16.6. The van der Waals surface area contributed by atoms with Gasteiger partial charge in [-0.25, -0.2) is 15.0 Å². The highest BCUT2D eigenvalue weighted by Crippen LogP contribution is 2.37. The van der Waals surface area contributed by atoms with Gasteiger partial charge in [0.1, 0.15) is 17.0 Å². The second-order valence-electron chi connectivity index (χ2n) is 7.60. The van der Waals surface area contributed by atoms with Crippen LogP contribution in [0.15, 0.2) is 28.3 Å². The van der Waals surface area contributed by atoms with Crippen molar-refractivity contribution in [3.05, 3.63) is 39.9 Å². The molecule has 1 saturated heterocycles. The van der Waals surface area contributed by atoms with Crippen molar-refractivity contribution >= 4 is 51.2 Å². The summed E-state index contributed by atoms with van der Waals surface area (Å²) in [6.45, 7) is 5.28. The van der Waals surface area contributed by atoms with Crippen LogP contribution < -0.4 is 15.5 Å². The zero-order chi connectivity index (χ0) is 21.7. The number of halogens is 1. The Kier molecular flexibility index (Phi) is 5.07. The number of H-pyrrole nitrogens is 1. The van der Waals surface area contributed by atoms with Crippen molar-refractivity contribution in [1.82, 2.24) is 25.0 Å². The van der Waals surface area contributed by atoms with Crippen molar-refractivity contribution in [2.24, 2.45) is 5.73 Å². The number of fused-ring (bicyclic) bond motifs is 2. The van der Waals surface area contributed by atoms with Gasteiger partial charge >= 0.3 is 0 Å². The topological polar surface area (TPSA) is 124 Å². The van der Waals surface area contributed by atoms with Crippen LogP contribution in [0.1, 0.15) is 24.9 Å². The molecule has 5 rings (SSSR count). The van der Waals surface area contributed by atoms with Crippen LogP contribution in [0.3, 0.4) is 0 Å². The van der Waals surface area contributed by atoms with Crippen LogP contribution in [-0.2, 0) is 6.42 Å². The fraction of sp³-hybridized carbons (Fsp3) is 0.350. The molecule has 1 aliphatic heterocycles. The van der Waals surface area contributed by atoms with Crippen LogP contribution in [0, 0.1) is 12.1 Å². The Morgan fingerprint density at radius 2 is 2.19 bits per heavy atom. The van der Waals surface area contributed by atoms with Crippen LogP contribution in [0.25, 0.3) is 22.1 Å². The Labute approximate surface area is 187 Å². The molecule has 3 N–H and O–H groups in total. The van der Waals surface area contributed by atoms with E-state index in [-0.39, 0.29) is 6.04 Å². The van der Waals surface area contributed by atoms with Gasteiger partial charge in [0, 0.05) is 47.8 Å². The molecule has 1 fully saturated rings. The maximum Gasteiger partial charge on any atom is 0.271 e. The third-order valence-electron chi connectivity index (χ3n) is 5.38. The first kappa shape index (κ1) is 20.2. The molecule has 1 aliphatic rings. The number of rotatable bonds is 4. The number of hydrogen-bond acceptors (Lipinski definition) is 8. The predicted octanol–water partition coefficient (Wildman–Crippen LogP) is 2.75. The van der Waals surface area contributed by atoms with Gasteiger partial charge in [-0.3, -0.25) is 0 Å². The smallest absolute Gasteiger partial charge is 0.271 e. The summed E-state index contributed by atoms with van der Waals surface area (Å²) in [5, 5.41) is 18.1. The van der Waals surface area contributed by atoms with E-state index >= 15 is 0 Å². The van der Waals surface area contributed by atoms with Crippen LogP contribution in [0.5, 0.6) is 0 Å². The summed E-state index contributed by atoms with van der Waals surface area (Å²) in [4.78, 5) is 20.8. The van der Waals surface area contributed by atoms with E-state index in [2.05, 4.69) is 20.0 Å². The molecule has 0 unspecified atom stereocenters. The highest BCUT2D eigenvalue weighted by atomic mass is 35.5. The Bertz CT molecular complexity index is 1310. The van der Waals surface area contributed by atoms with Gasteiger partial charge in [0.05, 0.1) is 10.4 Å². The zero-order valence-electron chi connectivity index (χ0n) is 17.1. The Morgan fingerprint density at radius 3 is 2.94 bits per heavy atom. The van der Waals surface area contributed by atoms with Crippen molar-refractivity contribution in [3.8, 4) is 0 Å². The number of aromatic amines is 1. The third kappa shape index (κ3) is 3.64. The maximum absolute atomic E-state index is 12.2. The maximum atomic E-state index is 12.2. The molecule has 0 spiro atoms. The van der Waals surface area contributed by atoms with Gasteiger partial charge in [0.25, 0.3) is 5.52 Å². The van der Waals surface area contributed by atoms with Crippen LogP contribution in [0.4, 0.5) is 5.82 Å². The summed E-state index contributed by atoms with van der Waals surface area (Å²) in [6.07, 6.45) is 1.68. The quantitative estimate of drug-likeness (QED) is 0.273. The van der Waals surface area contributed by atoms with Crippen LogP contribution in [-0.4, -0.2) is 44.2 Å². The zero-order valence-corrected chi connectivity index (χ0v) is 18.7. The summed E-state index contributed by atoms with van der Waals surface area (Å²) in [5.74, 6) is 1.22. The predicted molar refractivity (Wildman–Crippen MR) is 120 cm³/mol.